The molecule has 1 fully saturated rings. The van der Waals surface area contributed by atoms with E-state index in [1.54, 1.807) is 24.3 Å². The van der Waals surface area contributed by atoms with Crippen LogP contribution in [0.15, 0.2) is 29.3 Å². The van der Waals surface area contributed by atoms with Crippen LogP contribution < -0.4 is 10.2 Å². The summed E-state index contributed by atoms with van der Waals surface area (Å²) in [6, 6.07) is 5.78. The molecule has 1 heterocycles. The zero-order chi connectivity index (χ0) is 11.5. The van der Waals surface area contributed by atoms with Gasteiger partial charge in [-0.3, -0.25) is 5.32 Å². The Hall–Kier alpha value is -2.46. The fraction of sp³-hybridized carbons (Fsp3) is 0.100. The summed E-state index contributed by atoms with van der Waals surface area (Å²) in [5.74, 6) is 0. The average molecular weight is 217 g/mol. The van der Waals surface area contributed by atoms with Crippen LogP contribution in [0.1, 0.15) is 5.56 Å². The van der Waals surface area contributed by atoms with Crippen LogP contribution >= 0.6 is 0 Å². The van der Waals surface area contributed by atoms with Crippen LogP contribution in [0.3, 0.4) is 0 Å². The smallest absolute Gasteiger partial charge is 0.258 e. The molecule has 1 saturated heterocycles. The number of benzene rings is 1. The van der Waals surface area contributed by atoms with Gasteiger partial charge in [0, 0.05) is 0 Å². The van der Waals surface area contributed by atoms with Crippen molar-refractivity contribution < 1.29 is 14.4 Å². The van der Waals surface area contributed by atoms with E-state index in [9.17, 15) is 14.4 Å². The molecule has 4 amide bonds. The second kappa shape index (κ2) is 3.96. The topological polar surface area (TPSA) is 78.8 Å². The Kier molecular flexibility index (Phi) is 2.49. The van der Waals surface area contributed by atoms with Gasteiger partial charge in [0.1, 0.15) is 0 Å². The van der Waals surface area contributed by atoms with Crippen molar-refractivity contribution in [3.05, 3.63) is 29.8 Å². The molecule has 0 bridgehead atoms. The van der Waals surface area contributed by atoms with Crippen molar-refractivity contribution in [1.82, 2.24) is 5.32 Å². The number of nitrogens with one attached hydrogen (secondary N) is 1. The summed E-state index contributed by atoms with van der Waals surface area (Å²) in [4.78, 5) is 36.7. The lowest BCUT2D eigenvalue weighted by atomic mass is 10.1. The highest BCUT2D eigenvalue weighted by molar-refractivity contribution is 6.28. The number of aliphatic imine (C=N–C) groups is 1. The van der Waals surface area contributed by atoms with Gasteiger partial charge in [0.05, 0.1) is 12.2 Å². The maximum Gasteiger partial charge on any atom is 0.338 e. The van der Waals surface area contributed by atoms with Crippen molar-refractivity contribution in [3.8, 4) is 0 Å². The van der Waals surface area contributed by atoms with Gasteiger partial charge in [-0.1, -0.05) is 18.2 Å². The number of hydrogen-bond donors (Lipinski definition) is 1. The van der Waals surface area contributed by atoms with Crippen LogP contribution in [0.25, 0.3) is 0 Å². The number of amides is 4. The summed E-state index contributed by atoms with van der Waals surface area (Å²) < 4.78 is 0. The van der Waals surface area contributed by atoms with Crippen LogP contribution in [0.4, 0.5) is 15.3 Å². The Morgan fingerprint density at radius 2 is 1.94 bits per heavy atom. The lowest BCUT2D eigenvalue weighted by molar-refractivity contribution is 0.218. The molecular weight excluding hydrogens is 210 g/mol. The molecule has 0 unspecified atom stereocenters. The first-order chi connectivity index (χ1) is 7.74. The predicted octanol–water partition coefficient (Wildman–Crippen LogP) is 1.17. The Morgan fingerprint density at radius 1 is 1.25 bits per heavy atom. The van der Waals surface area contributed by atoms with Crippen LogP contribution in [0.2, 0.25) is 0 Å². The number of para-hydroxylation sites is 1. The molecule has 1 aromatic rings. The number of hydrogen-bond acceptors (Lipinski definition) is 4. The van der Waals surface area contributed by atoms with Gasteiger partial charge < -0.3 is 0 Å². The van der Waals surface area contributed by atoms with Crippen molar-refractivity contribution >= 4 is 23.8 Å². The molecule has 0 atom stereocenters. The minimum absolute atomic E-state index is 0.0940. The normalized spacial score (nSPS) is 13.9. The maximum atomic E-state index is 11.2. The fourth-order valence-electron chi connectivity index (χ4n) is 1.44. The van der Waals surface area contributed by atoms with Gasteiger partial charge in [-0.15, -0.1) is 0 Å². The number of rotatable bonds is 3. The van der Waals surface area contributed by atoms with Crippen molar-refractivity contribution in [3.63, 3.8) is 0 Å². The average Bonchev–Trinajstić information content (AvgIpc) is 2.27. The van der Waals surface area contributed by atoms with Gasteiger partial charge in [-0.25, -0.2) is 24.3 Å². The summed E-state index contributed by atoms with van der Waals surface area (Å²) in [5.41, 5.74) is 1.06. The van der Waals surface area contributed by atoms with Crippen LogP contribution in [-0.4, -0.2) is 18.1 Å². The molecule has 0 saturated carbocycles. The highest BCUT2D eigenvalue weighted by atomic mass is 16.2. The van der Waals surface area contributed by atoms with Gasteiger partial charge in [0.15, 0.2) is 0 Å². The van der Waals surface area contributed by atoms with Crippen LogP contribution in [0.5, 0.6) is 0 Å². The molecule has 6 nitrogen and oxygen atoms in total. The summed E-state index contributed by atoms with van der Waals surface area (Å²) in [5, 5.41) is 2.08. The minimum Gasteiger partial charge on any atom is -0.258 e. The minimum atomic E-state index is -0.479. The molecule has 0 spiro atoms. The third kappa shape index (κ3) is 1.57. The molecule has 2 rings (SSSR count). The lowest BCUT2D eigenvalue weighted by Gasteiger charge is -2.30. The van der Waals surface area contributed by atoms with Gasteiger partial charge in [-0.2, -0.15) is 0 Å². The summed E-state index contributed by atoms with van der Waals surface area (Å²) >= 11 is 0. The van der Waals surface area contributed by atoms with E-state index < -0.39 is 12.1 Å². The number of urea groups is 2. The van der Waals surface area contributed by atoms with Crippen molar-refractivity contribution in [2.24, 2.45) is 4.99 Å². The molecule has 1 aliphatic rings. The molecule has 6 heteroatoms. The van der Waals surface area contributed by atoms with Gasteiger partial charge >= 0.3 is 12.1 Å². The first kappa shape index (κ1) is 10.1. The van der Waals surface area contributed by atoms with E-state index in [-0.39, 0.29) is 6.54 Å². The largest absolute Gasteiger partial charge is 0.338 e. The van der Waals surface area contributed by atoms with E-state index in [1.165, 1.54) is 6.08 Å². The predicted molar refractivity (Wildman–Crippen MR) is 54.7 cm³/mol. The molecule has 1 aromatic carbocycles. The Bertz CT molecular complexity index is 492. The summed E-state index contributed by atoms with van der Waals surface area (Å²) in [6.45, 7) is 0.0940. The van der Waals surface area contributed by atoms with Gasteiger partial charge in [0.2, 0.25) is 6.08 Å². The second-order valence-electron chi connectivity index (χ2n) is 3.11. The SMILES string of the molecule is O=C=NCc1ccccc1N1C(=O)NC1=O. The molecule has 1 N–H and O–H groups in total. The number of imide groups is 2. The van der Waals surface area contributed by atoms with Crippen molar-refractivity contribution in [2.75, 3.05) is 4.90 Å². The van der Waals surface area contributed by atoms with Gasteiger partial charge in [0.25, 0.3) is 0 Å². The maximum absolute atomic E-state index is 11.2. The number of isocyanates is 1. The molecule has 1 aliphatic heterocycles. The molecule has 0 aliphatic carbocycles. The van der Waals surface area contributed by atoms with Crippen molar-refractivity contribution in [2.45, 2.75) is 6.54 Å². The zero-order valence-electron chi connectivity index (χ0n) is 8.14. The number of carbonyl (C=O) groups excluding carboxylic acids is 3. The van der Waals surface area contributed by atoms with E-state index in [4.69, 9.17) is 0 Å². The van der Waals surface area contributed by atoms with Crippen LogP contribution in [-0.2, 0) is 11.3 Å². The second-order valence-corrected chi connectivity index (χ2v) is 3.11. The molecule has 0 radical (unpaired) electrons. The molecule has 16 heavy (non-hydrogen) atoms. The Morgan fingerprint density at radius 3 is 2.56 bits per heavy atom. The third-order valence-corrected chi connectivity index (χ3v) is 2.17. The van der Waals surface area contributed by atoms with Gasteiger partial charge in [-0.05, 0) is 11.6 Å². The summed E-state index contributed by atoms with van der Waals surface area (Å²) in [7, 11) is 0. The third-order valence-electron chi connectivity index (χ3n) is 2.17. The van der Waals surface area contributed by atoms with E-state index in [0.717, 1.165) is 4.90 Å². The molecule has 0 aromatic heterocycles. The van der Waals surface area contributed by atoms with E-state index >= 15 is 0 Å². The zero-order valence-corrected chi connectivity index (χ0v) is 8.14. The standard InChI is InChI=1S/C10H7N3O3/c14-6-11-5-7-3-1-2-4-8(7)13-9(15)12-10(13)16/h1-4H,5H2,(H,12,15,16). The Labute approximate surface area is 90.6 Å². The molecular formula is C10H7N3O3. The number of carbonyl (C=O) groups is 2. The lowest BCUT2D eigenvalue weighted by Crippen LogP contribution is -2.62. The number of nitrogens with zero attached hydrogens (tertiary/aromatic N) is 2. The first-order valence-corrected chi connectivity index (χ1v) is 4.50. The van der Waals surface area contributed by atoms with E-state index in [0.29, 0.717) is 11.3 Å². The quantitative estimate of drug-likeness (QED) is 0.609. The van der Waals surface area contributed by atoms with Crippen molar-refractivity contribution in [1.29, 1.82) is 0 Å². The number of anilines is 1. The Balaban J connectivity index is 2.36. The van der Waals surface area contributed by atoms with E-state index in [2.05, 4.69) is 10.3 Å². The highest BCUT2D eigenvalue weighted by Crippen LogP contribution is 2.24. The van der Waals surface area contributed by atoms with E-state index in [1.807, 2.05) is 0 Å². The monoisotopic (exact) mass is 217 g/mol. The summed E-state index contributed by atoms with van der Waals surface area (Å²) in [6.07, 6.45) is 1.41. The first-order valence-electron chi connectivity index (χ1n) is 4.50. The molecule has 80 valence electrons. The van der Waals surface area contributed by atoms with Crippen LogP contribution in [0, 0.1) is 0 Å². The fourth-order valence-corrected chi connectivity index (χ4v) is 1.44. The highest BCUT2D eigenvalue weighted by Gasteiger charge is 2.36.